The molecule has 2 amide bonds. The summed E-state index contributed by atoms with van der Waals surface area (Å²) in [7, 11) is 1.28. The van der Waals surface area contributed by atoms with Crippen LogP contribution < -0.4 is 16.4 Å². The fraction of sp³-hybridized carbons (Fsp3) is 0.269. The Balaban J connectivity index is 1.74. The van der Waals surface area contributed by atoms with Crippen molar-refractivity contribution in [2.75, 3.05) is 13.7 Å². The third-order valence-corrected chi connectivity index (χ3v) is 5.42. The normalized spacial score (nSPS) is 12.5. The zero-order chi connectivity index (χ0) is 23.6. The molecule has 3 aromatic carbocycles. The number of methoxy groups -OCH3 is 1. The lowest BCUT2D eigenvalue weighted by Gasteiger charge is -2.22. The molecular formula is C26H29N3O4. The van der Waals surface area contributed by atoms with Gasteiger partial charge < -0.3 is 21.1 Å². The molecule has 0 aliphatic rings. The smallest absolute Gasteiger partial charge is 0.328 e. The molecule has 0 aromatic heterocycles. The van der Waals surface area contributed by atoms with E-state index >= 15 is 0 Å². The summed E-state index contributed by atoms with van der Waals surface area (Å²) in [5, 5.41) is 7.50. The van der Waals surface area contributed by atoms with E-state index in [4.69, 9.17) is 10.5 Å². The average molecular weight is 448 g/mol. The molecular weight excluding hydrogens is 418 g/mol. The van der Waals surface area contributed by atoms with E-state index in [0.717, 1.165) is 16.3 Å². The maximum Gasteiger partial charge on any atom is 0.328 e. The number of amides is 2. The third-order valence-electron chi connectivity index (χ3n) is 5.42. The van der Waals surface area contributed by atoms with E-state index in [0.29, 0.717) is 24.9 Å². The maximum atomic E-state index is 13.1. The second-order valence-corrected chi connectivity index (χ2v) is 7.79. The number of hydrogen-bond donors (Lipinski definition) is 3. The van der Waals surface area contributed by atoms with Gasteiger partial charge in [0.2, 0.25) is 5.91 Å². The lowest BCUT2D eigenvalue weighted by molar-refractivity contribution is -0.145. The summed E-state index contributed by atoms with van der Waals surface area (Å²) in [4.78, 5) is 38.3. The number of ether oxygens (including phenoxy) is 1. The zero-order valence-electron chi connectivity index (χ0n) is 18.6. The van der Waals surface area contributed by atoms with Crippen LogP contribution in [0.5, 0.6) is 0 Å². The van der Waals surface area contributed by atoms with Crippen LogP contribution in [0.15, 0.2) is 72.8 Å². The Morgan fingerprint density at radius 3 is 2.27 bits per heavy atom. The van der Waals surface area contributed by atoms with E-state index < -0.39 is 24.0 Å². The van der Waals surface area contributed by atoms with Gasteiger partial charge in [0.25, 0.3) is 5.91 Å². The number of carbonyl (C=O) groups excluding carboxylic acids is 3. The highest BCUT2D eigenvalue weighted by Gasteiger charge is 2.27. The van der Waals surface area contributed by atoms with Crippen LogP contribution in [0.1, 0.15) is 28.8 Å². The topological polar surface area (TPSA) is 111 Å². The van der Waals surface area contributed by atoms with Gasteiger partial charge in [-0.2, -0.15) is 0 Å². The molecule has 0 aliphatic carbocycles. The van der Waals surface area contributed by atoms with Crippen LogP contribution in [0.25, 0.3) is 10.8 Å². The molecule has 0 saturated heterocycles. The van der Waals surface area contributed by atoms with Crippen molar-refractivity contribution < 1.29 is 19.1 Å². The van der Waals surface area contributed by atoms with Crippen molar-refractivity contribution in [3.63, 3.8) is 0 Å². The SMILES string of the molecule is COC(=O)[C@H](Cc1ccccc1)NC(=O)[C@H](CCCN)NC(=O)c1ccc2ccccc2c1. The van der Waals surface area contributed by atoms with E-state index in [1.54, 1.807) is 12.1 Å². The first-order valence-corrected chi connectivity index (χ1v) is 10.9. The van der Waals surface area contributed by atoms with Crippen molar-refractivity contribution in [2.45, 2.75) is 31.3 Å². The van der Waals surface area contributed by atoms with Gasteiger partial charge in [-0.05, 0) is 47.9 Å². The highest BCUT2D eigenvalue weighted by atomic mass is 16.5. The first-order valence-electron chi connectivity index (χ1n) is 10.9. The first-order chi connectivity index (χ1) is 16.0. The fourth-order valence-corrected chi connectivity index (χ4v) is 3.62. The Kier molecular flexibility index (Phi) is 8.55. The number of nitrogens with one attached hydrogen (secondary N) is 2. The molecule has 33 heavy (non-hydrogen) atoms. The number of fused-ring (bicyclic) bond motifs is 1. The molecule has 0 fully saturated rings. The lowest BCUT2D eigenvalue weighted by atomic mass is 10.0. The maximum absolute atomic E-state index is 13.1. The van der Waals surface area contributed by atoms with Crippen molar-refractivity contribution in [1.82, 2.24) is 10.6 Å². The van der Waals surface area contributed by atoms with E-state index in [1.165, 1.54) is 7.11 Å². The standard InChI is InChI=1S/C26H29N3O4/c1-33-26(32)23(16-18-8-3-2-4-9-18)29-25(31)22(12-7-15-27)28-24(30)21-14-13-19-10-5-6-11-20(19)17-21/h2-6,8-11,13-14,17,22-23H,7,12,15-16,27H2,1H3,(H,28,30)(H,29,31)/t22-,23-/m0/s1. The minimum atomic E-state index is -0.872. The second-order valence-electron chi connectivity index (χ2n) is 7.79. The largest absolute Gasteiger partial charge is 0.467 e. The molecule has 3 rings (SSSR count). The van der Waals surface area contributed by atoms with Gasteiger partial charge in [0.1, 0.15) is 12.1 Å². The van der Waals surface area contributed by atoms with E-state index in [2.05, 4.69) is 10.6 Å². The van der Waals surface area contributed by atoms with Crippen molar-refractivity contribution in [2.24, 2.45) is 5.73 Å². The molecule has 2 atom stereocenters. The van der Waals surface area contributed by atoms with Crippen LogP contribution in [0.3, 0.4) is 0 Å². The number of hydrogen-bond acceptors (Lipinski definition) is 5. The van der Waals surface area contributed by atoms with Crippen LogP contribution in [-0.4, -0.2) is 43.5 Å². The van der Waals surface area contributed by atoms with Crippen LogP contribution in [-0.2, 0) is 20.7 Å². The van der Waals surface area contributed by atoms with Crippen LogP contribution in [0, 0.1) is 0 Å². The highest BCUT2D eigenvalue weighted by Crippen LogP contribution is 2.16. The number of rotatable bonds is 10. The van der Waals surface area contributed by atoms with Crippen molar-refractivity contribution in [3.05, 3.63) is 83.9 Å². The molecule has 0 heterocycles. The highest BCUT2D eigenvalue weighted by molar-refractivity contribution is 6.01. The Morgan fingerprint density at radius 2 is 1.58 bits per heavy atom. The van der Waals surface area contributed by atoms with Gasteiger partial charge in [-0.1, -0.05) is 60.7 Å². The molecule has 0 spiro atoms. The number of benzene rings is 3. The van der Waals surface area contributed by atoms with Crippen LogP contribution in [0.4, 0.5) is 0 Å². The molecule has 0 bridgehead atoms. The van der Waals surface area contributed by atoms with Crippen LogP contribution >= 0.6 is 0 Å². The van der Waals surface area contributed by atoms with E-state index in [1.807, 2.05) is 60.7 Å². The minimum Gasteiger partial charge on any atom is -0.467 e. The summed E-state index contributed by atoms with van der Waals surface area (Å²) < 4.78 is 4.88. The first kappa shape index (κ1) is 23.9. The van der Waals surface area contributed by atoms with Crippen LogP contribution in [0.2, 0.25) is 0 Å². The van der Waals surface area contributed by atoms with Crippen molar-refractivity contribution >= 4 is 28.6 Å². The van der Waals surface area contributed by atoms with Gasteiger partial charge >= 0.3 is 5.97 Å². The molecule has 0 radical (unpaired) electrons. The average Bonchev–Trinajstić information content (AvgIpc) is 2.85. The Hall–Kier alpha value is -3.71. The minimum absolute atomic E-state index is 0.279. The monoisotopic (exact) mass is 447 g/mol. The van der Waals surface area contributed by atoms with Gasteiger partial charge in [-0.25, -0.2) is 4.79 Å². The zero-order valence-corrected chi connectivity index (χ0v) is 18.6. The number of nitrogens with two attached hydrogens (primary N) is 1. The molecule has 172 valence electrons. The molecule has 4 N–H and O–H groups in total. The summed E-state index contributed by atoms with van der Waals surface area (Å²) in [6.07, 6.45) is 1.17. The summed E-state index contributed by atoms with van der Waals surface area (Å²) in [6.45, 7) is 0.375. The third kappa shape index (κ3) is 6.63. The lowest BCUT2D eigenvalue weighted by Crippen LogP contribution is -2.52. The van der Waals surface area contributed by atoms with Gasteiger partial charge in [-0.15, -0.1) is 0 Å². The van der Waals surface area contributed by atoms with E-state index in [-0.39, 0.29) is 12.3 Å². The summed E-state index contributed by atoms with van der Waals surface area (Å²) >= 11 is 0. The molecule has 7 heteroatoms. The molecule has 0 unspecified atom stereocenters. The molecule has 3 aromatic rings. The van der Waals surface area contributed by atoms with Gasteiger partial charge in [0.15, 0.2) is 0 Å². The number of esters is 1. The molecule has 0 aliphatic heterocycles. The Labute approximate surface area is 193 Å². The Morgan fingerprint density at radius 1 is 0.879 bits per heavy atom. The van der Waals surface area contributed by atoms with Gasteiger partial charge in [0.05, 0.1) is 7.11 Å². The summed E-state index contributed by atoms with van der Waals surface area (Å²) in [5.74, 6) is -1.37. The quantitative estimate of drug-likeness (QED) is 0.414. The van der Waals surface area contributed by atoms with Gasteiger partial charge in [-0.3, -0.25) is 9.59 Å². The second kappa shape index (κ2) is 11.8. The Bertz CT molecular complexity index is 1100. The predicted octanol–water partition coefficient (Wildman–Crippen LogP) is 2.58. The van der Waals surface area contributed by atoms with Crippen molar-refractivity contribution in [3.8, 4) is 0 Å². The predicted molar refractivity (Wildman–Crippen MR) is 128 cm³/mol. The summed E-state index contributed by atoms with van der Waals surface area (Å²) in [6, 6.07) is 20.7. The van der Waals surface area contributed by atoms with E-state index in [9.17, 15) is 14.4 Å². The molecule has 7 nitrogen and oxygen atoms in total. The summed E-state index contributed by atoms with van der Waals surface area (Å²) in [5.41, 5.74) is 6.97. The fourth-order valence-electron chi connectivity index (χ4n) is 3.62. The number of carbonyl (C=O) groups is 3. The molecule has 0 saturated carbocycles. The van der Waals surface area contributed by atoms with Gasteiger partial charge in [0, 0.05) is 12.0 Å². The van der Waals surface area contributed by atoms with Crippen molar-refractivity contribution in [1.29, 1.82) is 0 Å².